The van der Waals surface area contributed by atoms with E-state index in [1.54, 1.807) is 12.1 Å². The minimum absolute atomic E-state index is 0.0000655. The van der Waals surface area contributed by atoms with E-state index in [1.165, 1.54) is 29.5 Å². The summed E-state index contributed by atoms with van der Waals surface area (Å²) in [4.78, 5) is 15.0. The molecule has 0 N–H and O–H groups in total. The molecule has 0 bridgehead atoms. The van der Waals surface area contributed by atoms with E-state index >= 15 is 0 Å². The number of hydrogen-bond donors (Lipinski definition) is 0. The lowest BCUT2D eigenvalue weighted by Gasteiger charge is -2.17. The number of rotatable bonds is 5. The molecule has 0 radical (unpaired) electrons. The normalized spacial score (nSPS) is 14.1. The van der Waals surface area contributed by atoms with Crippen molar-refractivity contribution < 1.29 is 9.34 Å². The number of pyridine rings is 1. The van der Waals surface area contributed by atoms with Crippen LogP contribution in [0.4, 0.5) is 5.69 Å². The van der Waals surface area contributed by atoms with Gasteiger partial charge >= 0.3 is 0 Å². The molecule has 0 aliphatic heterocycles. The number of hydrogen-bond acceptors (Lipinski definition) is 8. The standard InChI is InChI=1S/C20H17N5O3S/c1-12(29-20-15(11-21)10-14-4-2-3-5-17(14)22-20)18-23-24-19(28-18)13-6-8-16(9-7-13)25(26)27/h6-10,12H,2-5H2,1H3. The van der Waals surface area contributed by atoms with Crippen LogP contribution in [0.3, 0.4) is 0 Å². The lowest BCUT2D eigenvalue weighted by molar-refractivity contribution is -0.384. The van der Waals surface area contributed by atoms with Crippen LogP contribution in [-0.2, 0) is 12.8 Å². The van der Waals surface area contributed by atoms with E-state index in [0.717, 1.165) is 31.4 Å². The van der Waals surface area contributed by atoms with E-state index < -0.39 is 4.92 Å². The molecule has 1 aliphatic carbocycles. The van der Waals surface area contributed by atoms with Crippen molar-refractivity contribution >= 4 is 17.4 Å². The average molecular weight is 407 g/mol. The largest absolute Gasteiger partial charge is 0.419 e. The summed E-state index contributed by atoms with van der Waals surface area (Å²) in [7, 11) is 0. The van der Waals surface area contributed by atoms with Crippen LogP contribution in [0.1, 0.15) is 47.7 Å². The Balaban J connectivity index is 1.55. The number of nitro benzene ring substituents is 1. The minimum atomic E-state index is -0.458. The van der Waals surface area contributed by atoms with Crippen LogP contribution in [0.5, 0.6) is 0 Å². The monoisotopic (exact) mass is 407 g/mol. The number of nitro groups is 1. The highest BCUT2D eigenvalue weighted by molar-refractivity contribution is 7.99. The lowest BCUT2D eigenvalue weighted by atomic mass is 9.95. The lowest BCUT2D eigenvalue weighted by Crippen LogP contribution is -2.07. The smallest absolute Gasteiger partial charge is 0.269 e. The van der Waals surface area contributed by atoms with Crippen LogP contribution < -0.4 is 0 Å². The number of benzene rings is 1. The fourth-order valence-electron chi connectivity index (χ4n) is 3.24. The van der Waals surface area contributed by atoms with Gasteiger partial charge in [-0.25, -0.2) is 4.98 Å². The molecule has 8 nitrogen and oxygen atoms in total. The van der Waals surface area contributed by atoms with Crippen molar-refractivity contribution in [2.45, 2.75) is 42.9 Å². The molecule has 4 rings (SSSR count). The molecule has 1 aromatic carbocycles. The van der Waals surface area contributed by atoms with E-state index in [0.29, 0.717) is 27.9 Å². The second kappa shape index (κ2) is 8.01. The Kier molecular flexibility index (Phi) is 5.27. The number of aromatic nitrogens is 3. The third kappa shape index (κ3) is 3.98. The topological polar surface area (TPSA) is 119 Å². The molecule has 0 saturated heterocycles. The van der Waals surface area contributed by atoms with Crippen molar-refractivity contribution in [3.63, 3.8) is 0 Å². The Morgan fingerprint density at radius 1 is 1.24 bits per heavy atom. The number of aryl methyl sites for hydroxylation is 2. The third-order valence-corrected chi connectivity index (χ3v) is 5.88. The van der Waals surface area contributed by atoms with Gasteiger partial charge in [0.25, 0.3) is 5.69 Å². The maximum absolute atomic E-state index is 10.8. The van der Waals surface area contributed by atoms with Crippen LogP contribution in [0.15, 0.2) is 39.8 Å². The van der Waals surface area contributed by atoms with Gasteiger partial charge in [0.1, 0.15) is 11.1 Å². The van der Waals surface area contributed by atoms with Gasteiger partial charge in [0.05, 0.1) is 15.7 Å². The fraction of sp³-hybridized carbons (Fsp3) is 0.300. The first kappa shape index (κ1) is 19.1. The van der Waals surface area contributed by atoms with E-state index in [1.807, 2.05) is 13.0 Å². The highest BCUT2D eigenvalue weighted by Gasteiger charge is 2.21. The molecule has 1 unspecified atom stereocenters. The van der Waals surface area contributed by atoms with Crippen molar-refractivity contribution in [2.24, 2.45) is 0 Å². The summed E-state index contributed by atoms with van der Waals surface area (Å²) < 4.78 is 5.77. The molecular weight excluding hydrogens is 390 g/mol. The van der Waals surface area contributed by atoms with Gasteiger partial charge in [-0.1, -0.05) is 11.8 Å². The maximum Gasteiger partial charge on any atom is 0.269 e. The molecule has 0 saturated carbocycles. The second-order valence-electron chi connectivity index (χ2n) is 6.78. The van der Waals surface area contributed by atoms with Gasteiger partial charge in [-0.05, 0) is 56.4 Å². The zero-order valence-electron chi connectivity index (χ0n) is 15.7. The Bertz CT molecular complexity index is 1100. The van der Waals surface area contributed by atoms with E-state index in [4.69, 9.17) is 9.40 Å². The van der Waals surface area contributed by atoms with Crippen LogP contribution in [0, 0.1) is 21.4 Å². The Morgan fingerprint density at radius 3 is 2.72 bits per heavy atom. The predicted molar refractivity (Wildman–Crippen MR) is 106 cm³/mol. The number of non-ortho nitro benzene ring substituents is 1. The molecule has 0 fully saturated rings. The molecule has 146 valence electrons. The number of thioether (sulfide) groups is 1. The fourth-order valence-corrected chi connectivity index (χ4v) is 4.17. The molecule has 1 atom stereocenters. The average Bonchev–Trinajstić information content (AvgIpc) is 3.23. The second-order valence-corrected chi connectivity index (χ2v) is 8.10. The van der Waals surface area contributed by atoms with Crippen LogP contribution in [-0.4, -0.2) is 20.1 Å². The summed E-state index contributed by atoms with van der Waals surface area (Å²) in [6.07, 6.45) is 4.16. The quantitative estimate of drug-likeness (QED) is 0.341. The van der Waals surface area contributed by atoms with Crippen molar-refractivity contribution in [1.82, 2.24) is 15.2 Å². The van der Waals surface area contributed by atoms with Crippen LogP contribution >= 0.6 is 11.8 Å². The minimum Gasteiger partial charge on any atom is -0.419 e. The van der Waals surface area contributed by atoms with Crippen LogP contribution in [0.25, 0.3) is 11.5 Å². The van der Waals surface area contributed by atoms with Crippen molar-refractivity contribution in [2.75, 3.05) is 0 Å². The summed E-state index contributed by atoms with van der Waals surface area (Å²) in [5.74, 6) is 0.702. The molecule has 2 aromatic heterocycles. The highest BCUT2D eigenvalue weighted by atomic mass is 32.2. The molecule has 29 heavy (non-hydrogen) atoms. The zero-order chi connectivity index (χ0) is 20.4. The van der Waals surface area contributed by atoms with Crippen molar-refractivity contribution in [3.05, 3.63) is 63.2 Å². The summed E-state index contributed by atoms with van der Waals surface area (Å²) in [6.45, 7) is 1.92. The van der Waals surface area contributed by atoms with Crippen LogP contribution in [0.2, 0.25) is 0 Å². The van der Waals surface area contributed by atoms with Gasteiger partial charge in [-0.3, -0.25) is 10.1 Å². The van der Waals surface area contributed by atoms with Gasteiger partial charge in [-0.2, -0.15) is 5.26 Å². The first-order valence-corrected chi connectivity index (χ1v) is 10.1. The molecular formula is C20H17N5O3S. The number of nitrogens with zero attached hydrogens (tertiary/aromatic N) is 5. The maximum atomic E-state index is 10.8. The molecule has 0 spiro atoms. The molecule has 9 heteroatoms. The first-order valence-electron chi connectivity index (χ1n) is 9.23. The van der Waals surface area contributed by atoms with Crippen molar-refractivity contribution in [3.8, 4) is 17.5 Å². The molecule has 2 heterocycles. The van der Waals surface area contributed by atoms with Crippen molar-refractivity contribution in [1.29, 1.82) is 5.26 Å². The Labute approximate surface area is 171 Å². The third-order valence-electron chi connectivity index (χ3n) is 4.79. The highest BCUT2D eigenvalue weighted by Crippen LogP contribution is 2.37. The molecule has 3 aromatic rings. The predicted octanol–water partition coefficient (Wildman–Crippen LogP) is 4.64. The van der Waals surface area contributed by atoms with E-state index in [9.17, 15) is 15.4 Å². The van der Waals surface area contributed by atoms with E-state index in [2.05, 4.69) is 16.3 Å². The van der Waals surface area contributed by atoms with Gasteiger partial charge in [0, 0.05) is 23.4 Å². The summed E-state index contributed by atoms with van der Waals surface area (Å²) >= 11 is 1.42. The van der Waals surface area contributed by atoms with Gasteiger partial charge in [0.15, 0.2) is 0 Å². The SMILES string of the molecule is CC(Sc1nc2c(cc1C#N)CCCC2)c1nnc(-c2ccc([N+](=O)[O-])cc2)o1. The van der Waals surface area contributed by atoms with E-state index in [-0.39, 0.29) is 10.9 Å². The van der Waals surface area contributed by atoms with Gasteiger partial charge in [0.2, 0.25) is 11.8 Å². The zero-order valence-corrected chi connectivity index (χ0v) is 16.5. The van der Waals surface area contributed by atoms with Gasteiger partial charge in [-0.15, -0.1) is 10.2 Å². The summed E-state index contributed by atoms with van der Waals surface area (Å²) in [5.41, 5.74) is 3.42. The van der Waals surface area contributed by atoms with Gasteiger partial charge < -0.3 is 4.42 Å². The molecule has 0 amide bonds. The Hall–Kier alpha value is -3.25. The molecule has 1 aliphatic rings. The Morgan fingerprint density at radius 2 is 2.00 bits per heavy atom. The summed E-state index contributed by atoms with van der Waals surface area (Å²) in [5, 5.41) is 28.9. The number of fused-ring (bicyclic) bond motifs is 1. The summed E-state index contributed by atoms with van der Waals surface area (Å²) in [6, 6.07) is 10.1. The first-order chi connectivity index (χ1) is 14.0. The number of nitriles is 1.